The predicted molar refractivity (Wildman–Crippen MR) is 92.2 cm³/mol. The number of carbonyl (C=O) groups excluding carboxylic acids is 1. The average Bonchev–Trinajstić information content (AvgIpc) is 3.34. The number of amides is 1. The van der Waals surface area contributed by atoms with E-state index in [4.69, 9.17) is 0 Å². The van der Waals surface area contributed by atoms with Crippen LogP contribution in [0, 0.1) is 5.92 Å². The summed E-state index contributed by atoms with van der Waals surface area (Å²) in [6, 6.07) is 1.72. The van der Waals surface area contributed by atoms with Gasteiger partial charge in [0, 0.05) is 32.4 Å². The van der Waals surface area contributed by atoms with Crippen molar-refractivity contribution in [2.75, 3.05) is 27.2 Å². The van der Waals surface area contributed by atoms with E-state index >= 15 is 0 Å². The van der Waals surface area contributed by atoms with Gasteiger partial charge in [0.1, 0.15) is 6.33 Å². The molecule has 0 N–H and O–H groups in total. The van der Waals surface area contributed by atoms with Crippen molar-refractivity contribution in [3.05, 3.63) is 36.0 Å². The monoisotopic (exact) mass is 355 g/mol. The third-order valence-electron chi connectivity index (χ3n) is 4.49. The van der Waals surface area contributed by atoms with E-state index in [1.165, 1.54) is 6.33 Å². The molecule has 1 atom stereocenters. The first kappa shape index (κ1) is 16.6. The summed E-state index contributed by atoms with van der Waals surface area (Å²) >= 11 is 0. The summed E-state index contributed by atoms with van der Waals surface area (Å²) in [5, 5.41) is 20.3. The van der Waals surface area contributed by atoms with Crippen molar-refractivity contribution in [1.82, 2.24) is 44.6 Å². The van der Waals surface area contributed by atoms with Gasteiger partial charge in [-0.05, 0) is 32.5 Å². The minimum absolute atomic E-state index is 0.0163. The largest absolute Gasteiger partial charge is 0.338 e. The highest BCUT2D eigenvalue weighted by molar-refractivity contribution is 5.94. The topological polar surface area (TPSA) is 97.3 Å². The molecule has 4 rings (SSSR count). The van der Waals surface area contributed by atoms with Crippen molar-refractivity contribution in [2.24, 2.45) is 5.92 Å². The molecule has 26 heavy (non-hydrogen) atoms. The van der Waals surface area contributed by atoms with Crippen molar-refractivity contribution in [1.29, 1.82) is 0 Å². The lowest BCUT2D eigenvalue weighted by Gasteiger charge is -2.16. The predicted octanol–water partition coefficient (Wildman–Crippen LogP) is -0.0603. The molecule has 10 heteroatoms. The zero-order chi connectivity index (χ0) is 18.1. The Kier molecular flexibility index (Phi) is 4.33. The summed E-state index contributed by atoms with van der Waals surface area (Å²) in [5.74, 6) is 0.357. The van der Waals surface area contributed by atoms with E-state index in [1.54, 1.807) is 16.8 Å². The Balaban J connectivity index is 1.38. The Morgan fingerprint density at radius 3 is 3.08 bits per heavy atom. The number of likely N-dealkylation sites (tertiary alicyclic amines) is 1. The molecular weight excluding hydrogens is 334 g/mol. The first-order valence-electron chi connectivity index (χ1n) is 8.57. The number of rotatable bonds is 5. The van der Waals surface area contributed by atoms with Gasteiger partial charge in [-0.25, -0.2) is 4.52 Å². The highest BCUT2D eigenvalue weighted by Crippen LogP contribution is 2.20. The maximum atomic E-state index is 12.7. The highest BCUT2D eigenvalue weighted by atomic mass is 16.2. The molecule has 136 valence electrons. The summed E-state index contributed by atoms with van der Waals surface area (Å²) in [6.07, 6.45) is 6.01. The molecule has 3 aromatic rings. The van der Waals surface area contributed by atoms with Crippen LogP contribution in [0.4, 0.5) is 0 Å². The van der Waals surface area contributed by atoms with E-state index in [-0.39, 0.29) is 5.91 Å². The molecule has 4 heterocycles. The van der Waals surface area contributed by atoms with Gasteiger partial charge in [-0.2, -0.15) is 5.10 Å². The molecule has 10 nitrogen and oxygen atoms in total. The molecule has 0 aliphatic carbocycles. The van der Waals surface area contributed by atoms with Gasteiger partial charge in [-0.3, -0.25) is 9.48 Å². The van der Waals surface area contributed by atoms with E-state index in [1.807, 2.05) is 29.9 Å². The second-order valence-electron chi connectivity index (χ2n) is 6.95. The molecule has 1 amide bonds. The van der Waals surface area contributed by atoms with Crippen LogP contribution < -0.4 is 0 Å². The quantitative estimate of drug-likeness (QED) is 0.632. The van der Waals surface area contributed by atoms with Crippen molar-refractivity contribution in [3.8, 4) is 0 Å². The van der Waals surface area contributed by atoms with Gasteiger partial charge < -0.3 is 9.80 Å². The minimum atomic E-state index is -0.0163. The second-order valence-corrected chi connectivity index (χ2v) is 6.95. The van der Waals surface area contributed by atoms with Crippen LogP contribution in [0.5, 0.6) is 0 Å². The molecule has 1 aliphatic rings. The number of carbonyl (C=O) groups is 1. The summed E-state index contributed by atoms with van der Waals surface area (Å²) in [7, 11) is 4.01. The Morgan fingerprint density at radius 1 is 1.35 bits per heavy atom. The van der Waals surface area contributed by atoms with Crippen LogP contribution >= 0.6 is 0 Å². The molecule has 0 bridgehead atoms. The van der Waals surface area contributed by atoms with Gasteiger partial charge in [-0.1, -0.05) is 5.21 Å². The fraction of sp³-hybridized carbons (Fsp3) is 0.500. The summed E-state index contributed by atoms with van der Waals surface area (Å²) in [4.78, 5) is 16.7. The van der Waals surface area contributed by atoms with Crippen LogP contribution in [-0.4, -0.2) is 77.7 Å². The van der Waals surface area contributed by atoms with Crippen molar-refractivity contribution < 1.29 is 4.79 Å². The van der Waals surface area contributed by atoms with E-state index in [0.717, 1.165) is 31.7 Å². The molecule has 0 spiro atoms. The van der Waals surface area contributed by atoms with Crippen LogP contribution in [-0.2, 0) is 13.1 Å². The Morgan fingerprint density at radius 2 is 2.23 bits per heavy atom. The highest BCUT2D eigenvalue weighted by Gasteiger charge is 2.28. The lowest BCUT2D eigenvalue weighted by atomic mass is 10.1. The smallest absolute Gasteiger partial charge is 0.255 e. The fourth-order valence-electron chi connectivity index (χ4n) is 3.28. The SMILES string of the molecule is CN(C)Cc1cn(CC2CCN(C(=O)c3cnn4cnnc4c3)C2)nn1. The van der Waals surface area contributed by atoms with E-state index in [2.05, 4.69) is 30.5 Å². The van der Waals surface area contributed by atoms with Gasteiger partial charge in [-0.15, -0.1) is 15.3 Å². The summed E-state index contributed by atoms with van der Waals surface area (Å²) in [5.41, 5.74) is 2.07. The lowest BCUT2D eigenvalue weighted by Crippen LogP contribution is -2.29. The Hall–Kier alpha value is -2.88. The molecule has 1 unspecified atom stereocenters. The molecular formula is C16H21N9O. The van der Waals surface area contributed by atoms with Gasteiger partial charge in [0.15, 0.2) is 5.65 Å². The number of hydrogen-bond donors (Lipinski definition) is 0. The number of fused-ring (bicyclic) bond motifs is 1. The molecule has 1 aliphatic heterocycles. The minimum Gasteiger partial charge on any atom is -0.338 e. The number of aromatic nitrogens is 7. The summed E-state index contributed by atoms with van der Waals surface area (Å²) in [6.45, 7) is 2.99. The van der Waals surface area contributed by atoms with Crippen LogP contribution in [0.1, 0.15) is 22.5 Å². The maximum Gasteiger partial charge on any atom is 0.255 e. The van der Waals surface area contributed by atoms with Crippen LogP contribution in [0.3, 0.4) is 0 Å². The molecule has 0 aromatic carbocycles. The third kappa shape index (κ3) is 3.40. The number of hydrogen-bond acceptors (Lipinski definition) is 7. The number of nitrogens with zero attached hydrogens (tertiary/aromatic N) is 9. The van der Waals surface area contributed by atoms with Gasteiger partial charge in [0.2, 0.25) is 0 Å². The van der Waals surface area contributed by atoms with Gasteiger partial charge >= 0.3 is 0 Å². The fourth-order valence-corrected chi connectivity index (χ4v) is 3.28. The second kappa shape index (κ2) is 6.79. The van der Waals surface area contributed by atoms with E-state index in [9.17, 15) is 4.79 Å². The van der Waals surface area contributed by atoms with Crippen molar-refractivity contribution >= 4 is 11.6 Å². The molecule has 0 saturated carbocycles. The molecule has 1 fully saturated rings. The first-order chi connectivity index (χ1) is 12.6. The van der Waals surface area contributed by atoms with E-state index in [0.29, 0.717) is 23.7 Å². The van der Waals surface area contributed by atoms with Crippen LogP contribution in [0.15, 0.2) is 24.8 Å². The van der Waals surface area contributed by atoms with Gasteiger partial charge in [0.25, 0.3) is 5.91 Å². The van der Waals surface area contributed by atoms with Crippen LogP contribution in [0.2, 0.25) is 0 Å². The van der Waals surface area contributed by atoms with Crippen LogP contribution in [0.25, 0.3) is 5.65 Å². The average molecular weight is 355 g/mol. The summed E-state index contributed by atoms with van der Waals surface area (Å²) < 4.78 is 3.42. The lowest BCUT2D eigenvalue weighted by molar-refractivity contribution is 0.0785. The standard InChI is InChI=1S/C16H21N9O/c1-22(2)9-14-10-24(21-19-14)8-12-3-4-23(7-12)16(26)13-5-15-20-17-11-25(15)18-6-13/h5-6,10-12H,3-4,7-9H2,1-2H3. The first-order valence-corrected chi connectivity index (χ1v) is 8.57. The zero-order valence-corrected chi connectivity index (χ0v) is 14.9. The van der Waals surface area contributed by atoms with Crippen molar-refractivity contribution in [2.45, 2.75) is 19.5 Å². The van der Waals surface area contributed by atoms with Crippen molar-refractivity contribution in [3.63, 3.8) is 0 Å². The Bertz CT molecular complexity index is 915. The van der Waals surface area contributed by atoms with E-state index < -0.39 is 0 Å². The Labute approximate surface area is 150 Å². The normalized spacial score (nSPS) is 17.5. The molecule has 3 aromatic heterocycles. The molecule has 1 saturated heterocycles. The van der Waals surface area contributed by atoms with Gasteiger partial charge in [0.05, 0.1) is 17.5 Å². The molecule has 0 radical (unpaired) electrons. The maximum absolute atomic E-state index is 12.7. The third-order valence-corrected chi connectivity index (χ3v) is 4.49. The zero-order valence-electron chi connectivity index (χ0n) is 14.9.